The van der Waals surface area contributed by atoms with Crippen LogP contribution >= 0.6 is 0 Å². The molecule has 0 fully saturated rings. The lowest BCUT2D eigenvalue weighted by molar-refractivity contribution is -0.141. The van der Waals surface area contributed by atoms with Gasteiger partial charge < -0.3 is 24.7 Å². The number of methoxy groups -OCH3 is 2. The van der Waals surface area contributed by atoms with E-state index in [2.05, 4.69) is 29.4 Å². The Balaban J connectivity index is 1.54. The molecule has 6 rings (SSSR count). The second-order valence-electron chi connectivity index (χ2n) is 12.5. The van der Waals surface area contributed by atoms with Crippen LogP contribution in [-0.2, 0) is 19.1 Å². The minimum Gasteiger partial charge on any atom is -0.469 e. The van der Waals surface area contributed by atoms with Crippen LogP contribution in [0.25, 0.3) is 11.1 Å². The standard InChI is InChI=1S/C39H44N6O4/c1-5-6-7-8-9-10-25-28-13-15-30(41-28)26(11-21-36(46)48-3)32-17-19-34(43-32)38(39-40-23-24-45(39)2)35-20-18-33(44-35)27(12-22-37(47)49-4)31-16-14-29(25)42-31/h13-20,23-24,40,43H,5-12,21-22H2,1-4H3/b29-25?,30-26?,33-27?,39-38-. The van der Waals surface area contributed by atoms with Crippen LogP contribution in [0.5, 0.6) is 0 Å². The van der Waals surface area contributed by atoms with Crippen molar-refractivity contribution in [3.8, 4) is 0 Å². The number of allylic oxidation sites excluding steroid dienone is 10. The van der Waals surface area contributed by atoms with Crippen molar-refractivity contribution in [2.45, 2.75) is 71.1 Å². The van der Waals surface area contributed by atoms with Crippen LogP contribution < -0.4 is 5.32 Å². The van der Waals surface area contributed by atoms with Gasteiger partial charge in [0, 0.05) is 54.7 Å². The van der Waals surface area contributed by atoms with Crippen molar-refractivity contribution in [3.63, 3.8) is 0 Å². The fraction of sp³-hybridized carbons (Fsp3) is 0.359. The zero-order valence-corrected chi connectivity index (χ0v) is 28.8. The number of nitrogens with one attached hydrogen (secondary N) is 2. The van der Waals surface area contributed by atoms with E-state index in [9.17, 15) is 9.59 Å². The van der Waals surface area contributed by atoms with E-state index in [1.165, 1.54) is 33.5 Å². The summed E-state index contributed by atoms with van der Waals surface area (Å²) < 4.78 is 10.0. The fourth-order valence-electron chi connectivity index (χ4n) is 6.56. The molecule has 0 radical (unpaired) electrons. The van der Waals surface area contributed by atoms with Crippen LogP contribution in [0.1, 0.15) is 82.5 Å². The van der Waals surface area contributed by atoms with E-state index in [1.54, 1.807) is 0 Å². The van der Waals surface area contributed by atoms with Crippen molar-refractivity contribution in [2.24, 2.45) is 15.0 Å². The van der Waals surface area contributed by atoms with Crippen LogP contribution in [-0.4, -0.2) is 60.2 Å². The second-order valence-corrected chi connectivity index (χ2v) is 12.5. The van der Waals surface area contributed by atoms with Crippen molar-refractivity contribution in [1.82, 2.24) is 15.2 Å². The van der Waals surface area contributed by atoms with E-state index in [4.69, 9.17) is 24.5 Å². The summed E-state index contributed by atoms with van der Waals surface area (Å²) in [6.07, 6.45) is 24.0. The van der Waals surface area contributed by atoms with E-state index in [0.717, 1.165) is 93.0 Å². The predicted octanol–water partition coefficient (Wildman–Crippen LogP) is 7.22. The molecular formula is C39H44N6O4. The maximum atomic E-state index is 12.3. The minimum absolute atomic E-state index is 0.213. The summed E-state index contributed by atoms with van der Waals surface area (Å²) in [6.45, 7) is 2.22. The summed E-state index contributed by atoms with van der Waals surface area (Å²) in [5.74, 6) is 0.311. The SMILES string of the molecule is CCCCCCCC1=C2C=CC(=N2)C(CCC(=O)OC)=C2C=CC(=N2)/C(=C2/NC=CN2C)c2ccc([nH]2)C(CCC(=O)OC)=C2C=CC1=N2. The van der Waals surface area contributed by atoms with Crippen molar-refractivity contribution >= 4 is 40.2 Å². The van der Waals surface area contributed by atoms with E-state index >= 15 is 0 Å². The van der Waals surface area contributed by atoms with Gasteiger partial charge in [0.2, 0.25) is 0 Å². The Morgan fingerprint density at radius 2 is 1.24 bits per heavy atom. The van der Waals surface area contributed by atoms with Gasteiger partial charge in [-0.2, -0.15) is 0 Å². The number of aliphatic imine (C=N–C) groups is 3. The van der Waals surface area contributed by atoms with Crippen LogP contribution in [0.2, 0.25) is 0 Å². The Labute approximate surface area is 287 Å². The molecule has 254 valence electrons. The molecule has 0 aromatic carbocycles. The number of carbonyl (C=O) groups excluding carboxylic acids is 2. The molecule has 0 saturated carbocycles. The van der Waals surface area contributed by atoms with Gasteiger partial charge in [0.15, 0.2) is 0 Å². The molecule has 0 saturated heterocycles. The first kappa shape index (κ1) is 33.6. The number of carbonyl (C=O) groups is 2. The normalized spacial score (nSPS) is 19.3. The quantitative estimate of drug-likeness (QED) is 0.180. The molecule has 5 aliphatic heterocycles. The molecular weight excluding hydrogens is 616 g/mol. The van der Waals surface area contributed by atoms with Gasteiger partial charge >= 0.3 is 11.9 Å². The molecule has 0 aliphatic carbocycles. The molecule has 10 heteroatoms. The molecule has 6 heterocycles. The number of aromatic amines is 1. The molecule has 0 atom stereocenters. The van der Waals surface area contributed by atoms with E-state index in [-0.39, 0.29) is 24.8 Å². The highest BCUT2D eigenvalue weighted by Crippen LogP contribution is 2.36. The van der Waals surface area contributed by atoms with Gasteiger partial charge in [-0.1, -0.05) is 32.6 Å². The number of H-pyrrole nitrogens is 1. The summed E-state index contributed by atoms with van der Waals surface area (Å²) in [5.41, 5.74) is 10.4. The van der Waals surface area contributed by atoms with Crippen molar-refractivity contribution in [3.05, 3.63) is 106 Å². The first-order valence-corrected chi connectivity index (χ1v) is 17.1. The highest BCUT2D eigenvalue weighted by Gasteiger charge is 2.27. The zero-order valence-electron chi connectivity index (χ0n) is 28.8. The number of unbranched alkanes of at least 4 members (excludes halogenated alkanes) is 4. The lowest BCUT2D eigenvalue weighted by atomic mass is 10.00. The number of fused-ring (bicyclic) bond motifs is 5. The molecule has 0 amide bonds. The smallest absolute Gasteiger partial charge is 0.305 e. The first-order valence-electron chi connectivity index (χ1n) is 17.1. The fourth-order valence-corrected chi connectivity index (χ4v) is 6.56. The van der Waals surface area contributed by atoms with E-state index < -0.39 is 0 Å². The molecule has 2 N–H and O–H groups in total. The number of esters is 2. The Kier molecular flexibility index (Phi) is 10.5. The number of ether oxygens (including phenoxy) is 2. The summed E-state index contributed by atoms with van der Waals surface area (Å²) >= 11 is 0. The van der Waals surface area contributed by atoms with E-state index in [0.29, 0.717) is 12.8 Å². The van der Waals surface area contributed by atoms with Gasteiger partial charge in [-0.3, -0.25) is 9.59 Å². The lowest BCUT2D eigenvalue weighted by Crippen LogP contribution is -2.19. The van der Waals surface area contributed by atoms with Crippen LogP contribution in [0.3, 0.4) is 0 Å². The summed E-state index contributed by atoms with van der Waals surface area (Å²) in [4.78, 5) is 45.9. The van der Waals surface area contributed by atoms with Gasteiger partial charge in [0.05, 0.1) is 59.7 Å². The van der Waals surface area contributed by atoms with Gasteiger partial charge in [0.25, 0.3) is 0 Å². The topological polar surface area (TPSA) is 121 Å². The third kappa shape index (κ3) is 7.43. The summed E-state index contributed by atoms with van der Waals surface area (Å²) in [6, 6.07) is 4.08. The monoisotopic (exact) mass is 660 g/mol. The van der Waals surface area contributed by atoms with Crippen molar-refractivity contribution in [1.29, 1.82) is 0 Å². The molecule has 0 spiro atoms. The number of hydrogen-bond acceptors (Lipinski definition) is 9. The largest absolute Gasteiger partial charge is 0.469 e. The molecule has 5 aliphatic rings. The van der Waals surface area contributed by atoms with Gasteiger partial charge in [0.1, 0.15) is 5.82 Å². The highest BCUT2D eigenvalue weighted by atomic mass is 16.5. The Morgan fingerprint density at radius 3 is 1.86 bits per heavy atom. The van der Waals surface area contributed by atoms with Crippen LogP contribution in [0, 0.1) is 0 Å². The maximum Gasteiger partial charge on any atom is 0.305 e. The number of nitrogens with zero attached hydrogens (tertiary/aromatic N) is 4. The number of rotatable bonds is 12. The van der Waals surface area contributed by atoms with Gasteiger partial charge in [-0.25, -0.2) is 15.0 Å². The molecule has 1 aromatic rings. The summed E-state index contributed by atoms with van der Waals surface area (Å²) in [5, 5.41) is 3.38. The van der Waals surface area contributed by atoms with Crippen molar-refractivity contribution in [2.75, 3.05) is 21.3 Å². The number of hydrogen-bond donors (Lipinski definition) is 2. The van der Waals surface area contributed by atoms with Crippen LogP contribution in [0.4, 0.5) is 0 Å². The molecule has 10 nitrogen and oxygen atoms in total. The molecule has 0 unspecified atom stereocenters. The zero-order chi connectivity index (χ0) is 34.3. The first-order chi connectivity index (χ1) is 23.9. The molecule has 1 aromatic heterocycles. The summed E-state index contributed by atoms with van der Waals surface area (Å²) in [7, 11) is 4.81. The third-order valence-corrected chi connectivity index (χ3v) is 9.25. The Hall–Kier alpha value is -5.25. The van der Waals surface area contributed by atoms with Gasteiger partial charge in [-0.15, -0.1) is 0 Å². The molecule has 49 heavy (non-hydrogen) atoms. The van der Waals surface area contributed by atoms with E-state index in [1.807, 2.05) is 60.8 Å². The highest BCUT2D eigenvalue weighted by molar-refractivity contribution is 6.31. The average molecular weight is 661 g/mol. The Bertz CT molecular complexity index is 1870. The molecule has 8 bridgehead atoms. The average Bonchev–Trinajstić information content (AvgIpc) is 3.96. The third-order valence-electron chi connectivity index (χ3n) is 9.25. The van der Waals surface area contributed by atoms with Crippen molar-refractivity contribution < 1.29 is 19.1 Å². The number of aromatic nitrogens is 1. The maximum absolute atomic E-state index is 12.3. The predicted molar refractivity (Wildman–Crippen MR) is 194 cm³/mol. The minimum atomic E-state index is -0.283. The lowest BCUT2D eigenvalue weighted by Gasteiger charge is -2.17. The second kappa shape index (κ2) is 15.3. The van der Waals surface area contributed by atoms with Crippen LogP contribution in [0.15, 0.2) is 110 Å². The Morgan fingerprint density at radius 1 is 0.694 bits per heavy atom. The van der Waals surface area contributed by atoms with Gasteiger partial charge in [-0.05, 0) is 74.3 Å².